The number of carbonyl (C=O) groups is 2. The van der Waals surface area contributed by atoms with Gasteiger partial charge in [-0.3, -0.25) is 4.79 Å². The molecule has 0 aromatic heterocycles. The molecule has 0 atom stereocenters. The first-order valence-corrected chi connectivity index (χ1v) is 7.45. The Labute approximate surface area is 143 Å². The Bertz CT molecular complexity index is 672. The van der Waals surface area contributed by atoms with Crippen LogP contribution in [0, 0.1) is 0 Å². The van der Waals surface area contributed by atoms with E-state index in [4.69, 9.17) is 32.7 Å². The van der Waals surface area contributed by atoms with E-state index >= 15 is 0 Å². The average molecular weight is 360 g/mol. The van der Waals surface area contributed by atoms with Crippen LogP contribution in [0.5, 0.6) is 0 Å². The SMILES string of the molecule is CC1(C)OC(=O)/C(=C/C(=O)N(CO)Cc2ccc(Cl)c(Cl)c2)O1. The van der Waals surface area contributed by atoms with Crippen LogP contribution in [0.4, 0.5) is 0 Å². The first-order valence-electron chi connectivity index (χ1n) is 6.69. The van der Waals surface area contributed by atoms with Gasteiger partial charge in [0.2, 0.25) is 11.5 Å². The molecule has 1 aliphatic heterocycles. The molecular formula is C15H15Cl2NO5. The molecule has 1 aromatic rings. The van der Waals surface area contributed by atoms with Crippen molar-refractivity contribution in [3.05, 3.63) is 45.6 Å². The minimum atomic E-state index is -1.11. The quantitative estimate of drug-likeness (QED) is 0.507. The average Bonchev–Trinajstić information content (AvgIpc) is 2.72. The molecule has 1 fully saturated rings. The Morgan fingerprint density at radius 3 is 2.52 bits per heavy atom. The molecule has 8 heteroatoms. The van der Waals surface area contributed by atoms with Gasteiger partial charge in [0.15, 0.2) is 0 Å². The molecule has 1 N–H and O–H groups in total. The van der Waals surface area contributed by atoms with Crippen LogP contribution in [-0.4, -0.2) is 34.4 Å². The van der Waals surface area contributed by atoms with E-state index < -0.39 is 24.4 Å². The van der Waals surface area contributed by atoms with Crippen LogP contribution < -0.4 is 0 Å². The molecular weight excluding hydrogens is 345 g/mol. The summed E-state index contributed by atoms with van der Waals surface area (Å²) in [5.74, 6) is -2.64. The van der Waals surface area contributed by atoms with Crippen LogP contribution in [0.15, 0.2) is 30.0 Å². The van der Waals surface area contributed by atoms with Crippen LogP contribution in [0.3, 0.4) is 0 Å². The van der Waals surface area contributed by atoms with Gasteiger partial charge in [-0.1, -0.05) is 29.3 Å². The number of ether oxygens (including phenoxy) is 2. The second kappa shape index (κ2) is 6.78. The predicted octanol–water partition coefficient (Wildman–Crippen LogP) is 2.47. The van der Waals surface area contributed by atoms with E-state index in [2.05, 4.69) is 0 Å². The minimum absolute atomic E-state index is 0.0917. The number of carbonyl (C=O) groups excluding carboxylic acids is 2. The van der Waals surface area contributed by atoms with Crippen LogP contribution in [0.25, 0.3) is 0 Å². The molecule has 1 aromatic carbocycles. The lowest BCUT2D eigenvalue weighted by Gasteiger charge is -2.19. The van der Waals surface area contributed by atoms with E-state index in [0.29, 0.717) is 15.6 Å². The fourth-order valence-electron chi connectivity index (χ4n) is 1.95. The number of hydrogen-bond acceptors (Lipinski definition) is 5. The number of esters is 1. The zero-order chi connectivity index (χ0) is 17.2. The maximum atomic E-state index is 12.2. The van der Waals surface area contributed by atoms with E-state index in [1.807, 2.05) is 0 Å². The van der Waals surface area contributed by atoms with E-state index in [0.717, 1.165) is 11.0 Å². The minimum Gasteiger partial charge on any atom is -0.445 e. The van der Waals surface area contributed by atoms with Gasteiger partial charge >= 0.3 is 5.97 Å². The predicted molar refractivity (Wildman–Crippen MR) is 83.4 cm³/mol. The molecule has 1 amide bonds. The van der Waals surface area contributed by atoms with Gasteiger partial charge in [-0.2, -0.15) is 0 Å². The topological polar surface area (TPSA) is 76.1 Å². The van der Waals surface area contributed by atoms with Gasteiger partial charge in [-0.25, -0.2) is 4.79 Å². The molecule has 1 saturated heterocycles. The summed E-state index contributed by atoms with van der Waals surface area (Å²) in [6.45, 7) is 2.65. The smallest absolute Gasteiger partial charge is 0.377 e. The second-order valence-electron chi connectivity index (χ2n) is 5.33. The molecule has 0 saturated carbocycles. The number of nitrogens with zero attached hydrogens (tertiary/aromatic N) is 1. The van der Waals surface area contributed by atoms with Gasteiger partial charge in [-0.15, -0.1) is 0 Å². The van der Waals surface area contributed by atoms with Crippen LogP contribution in [-0.2, 0) is 25.6 Å². The number of aliphatic hydroxyl groups excluding tert-OH is 1. The Morgan fingerprint density at radius 2 is 2.00 bits per heavy atom. The lowest BCUT2D eigenvalue weighted by atomic mass is 10.2. The van der Waals surface area contributed by atoms with E-state index in [9.17, 15) is 14.7 Å². The number of halogens is 2. The zero-order valence-corrected chi connectivity index (χ0v) is 14.0. The first-order chi connectivity index (χ1) is 10.7. The van der Waals surface area contributed by atoms with Crippen molar-refractivity contribution in [2.24, 2.45) is 0 Å². The Balaban J connectivity index is 2.13. The van der Waals surface area contributed by atoms with Gasteiger partial charge in [0, 0.05) is 20.4 Å². The highest BCUT2D eigenvalue weighted by molar-refractivity contribution is 6.42. The van der Waals surface area contributed by atoms with Crippen molar-refractivity contribution in [3.8, 4) is 0 Å². The lowest BCUT2D eigenvalue weighted by Crippen LogP contribution is -2.30. The van der Waals surface area contributed by atoms with Gasteiger partial charge in [0.05, 0.1) is 16.1 Å². The molecule has 0 bridgehead atoms. The van der Waals surface area contributed by atoms with E-state index in [-0.39, 0.29) is 12.3 Å². The van der Waals surface area contributed by atoms with Gasteiger partial charge in [0.25, 0.3) is 5.91 Å². The van der Waals surface area contributed by atoms with E-state index in [1.165, 1.54) is 0 Å². The van der Waals surface area contributed by atoms with Crippen molar-refractivity contribution < 1.29 is 24.2 Å². The summed E-state index contributed by atoms with van der Waals surface area (Å²) in [6.07, 6.45) is 0.991. The molecule has 2 rings (SSSR count). The number of benzene rings is 1. The number of rotatable bonds is 4. The van der Waals surface area contributed by atoms with Crippen molar-refractivity contribution >= 4 is 35.1 Å². The van der Waals surface area contributed by atoms with Crippen molar-refractivity contribution in [2.45, 2.75) is 26.2 Å². The monoisotopic (exact) mass is 359 g/mol. The van der Waals surface area contributed by atoms with Crippen LogP contribution in [0.2, 0.25) is 10.0 Å². The molecule has 1 aliphatic rings. The van der Waals surface area contributed by atoms with Gasteiger partial charge < -0.3 is 19.5 Å². The third-order valence-electron chi connectivity index (χ3n) is 2.99. The number of aliphatic hydroxyl groups is 1. The fraction of sp³-hybridized carbons (Fsp3) is 0.333. The van der Waals surface area contributed by atoms with E-state index in [1.54, 1.807) is 32.0 Å². The fourth-order valence-corrected chi connectivity index (χ4v) is 2.27. The third-order valence-corrected chi connectivity index (χ3v) is 3.73. The highest BCUT2D eigenvalue weighted by Gasteiger charge is 2.38. The lowest BCUT2D eigenvalue weighted by molar-refractivity contribution is -0.159. The van der Waals surface area contributed by atoms with Crippen molar-refractivity contribution in [1.82, 2.24) is 4.90 Å². The first kappa shape index (κ1) is 17.6. The maximum absolute atomic E-state index is 12.2. The van der Waals surface area contributed by atoms with Crippen LogP contribution in [0.1, 0.15) is 19.4 Å². The highest BCUT2D eigenvalue weighted by Crippen LogP contribution is 2.26. The molecule has 124 valence electrons. The summed E-state index contributed by atoms with van der Waals surface area (Å²) in [6, 6.07) is 4.87. The molecule has 1 heterocycles. The largest absolute Gasteiger partial charge is 0.445 e. The maximum Gasteiger partial charge on any atom is 0.377 e. The summed E-state index contributed by atoms with van der Waals surface area (Å²) >= 11 is 11.7. The normalized spacial score (nSPS) is 17.8. The zero-order valence-electron chi connectivity index (χ0n) is 12.5. The summed E-state index contributed by atoms with van der Waals surface area (Å²) in [5, 5.41) is 10.1. The molecule has 6 nitrogen and oxygen atoms in total. The van der Waals surface area contributed by atoms with Crippen molar-refractivity contribution in [2.75, 3.05) is 6.73 Å². The second-order valence-corrected chi connectivity index (χ2v) is 6.14. The van der Waals surface area contributed by atoms with Crippen LogP contribution >= 0.6 is 23.2 Å². The Kier molecular flexibility index (Phi) is 5.19. The molecule has 0 spiro atoms. The van der Waals surface area contributed by atoms with Crippen molar-refractivity contribution in [1.29, 1.82) is 0 Å². The number of hydrogen-bond donors (Lipinski definition) is 1. The summed E-state index contributed by atoms with van der Waals surface area (Å²) in [4.78, 5) is 24.9. The van der Waals surface area contributed by atoms with Gasteiger partial charge in [0.1, 0.15) is 6.73 Å². The number of cyclic esters (lactones) is 1. The Hall–Kier alpha value is -1.76. The molecule has 0 aliphatic carbocycles. The summed E-state index contributed by atoms with van der Waals surface area (Å²) in [5.41, 5.74) is 0.676. The molecule has 0 unspecified atom stereocenters. The van der Waals surface area contributed by atoms with Gasteiger partial charge in [-0.05, 0) is 17.7 Å². The molecule has 0 radical (unpaired) electrons. The molecule has 23 heavy (non-hydrogen) atoms. The highest BCUT2D eigenvalue weighted by atomic mass is 35.5. The summed E-state index contributed by atoms with van der Waals surface area (Å²) < 4.78 is 10.2. The van der Waals surface area contributed by atoms with Crippen molar-refractivity contribution in [3.63, 3.8) is 0 Å². The third kappa shape index (κ3) is 4.37. The summed E-state index contributed by atoms with van der Waals surface area (Å²) in [7, 11) is 0. The Morgan fingerprint density at radius 1 is 1.30 bits per heavy atom. The standard InChI is InChI=1S/C15H15Cl2NO5/c1-15(2)22-12(14(21)23-15)6-13(20)18(8-19)7-9-3-4-10(16)11(17)5-9/h3-6,19H,7-8H2,1-2H3/b12-6-. The number of amides is 1.